The summed E-state index contributed by atoms with van der Waals surface area (Å²) in [6.45, 7) is 2.15. The molecule has 0 aromatic carbocycles. The fraction of sp³-hybridized carbons (Fsp3) is 0.600. The molecule has 6 rings (SSSR count). The van der Waals surface area contributed by atoms with Crippen LogP contribution in [-0.4, -0.2) is 39.3 Å². The molecule has 0 spiro atoms. The molecule has 4 fully saturated rings. The molecule has 4 bridgehead atoms. The van der Waals surface area contributed by atoms with Crippen LogP contribution in [0, 0.1) is 17.8 Å². The highest BCUT2D eigenvalue weighted by Gasteiger charge is 2.54. The number of carbonyl (C=O) groups excluding carboxylic acids is 1. The predicted octanol–water partition coefficient (Wildman–Crippen LogP) is 3.09. The largest absolute Gasteiger partial charge is 0.462 e. The van der Waals surface area contributed by atoms with Crippen LogP contribution in [0.5, 0.6) is 0 Å². The molecule has 2 aromatic heterocycles. The first-order valence-electron chi connectivity index (χ1n) is 9.68. The Balaban J connectivity index is 1.52. The van der Waals surface area contributed by atoms with Crippen molar-refractivity contribution in [3.63, 3.8) is 0 Å². The lowest BCUT2D eigenvalue weighted by molar-refractivity contribution is -0.129. The molecule has 0 amide bonds. The van der Waals surface area contributed by atoms with Gasteiger partial charge in [0.05, 0.1) is 17.9 Å². The molecule has 2 heterocycles. The summed E-state index contributed by atoms with van der Waals surface area (Å²) in [4.78, 5) is 20.0. The minimum Gasteiger partial charge on any atom is -0.462 e. The minimum atomic E-state index is -0.458. The topological polar surface area (TPSA) is 87.2 Å². The van der Waals surface area contributed by atoms with Crippen molar-refractivity contribution in [3.8, 4) is 0 Å². The van der Waals surface area contributed by atoms with Crippen molar-refractivity contribution in [1.82, 2.24) is 9.97 Å². The van der Waals surface area contributed by atoms with Crippen LogP contribution in [0.4, 0.5) is 5.69 Å². The number of aliphatic hydroxyl groups is 1. The standard InChI is InChI=1S/C20H25N3O3/c1-2-26-19(24)15-10-22-18-14(3-4-21-18)17(15)23-16-12-5-11-6-13(16)9-20(25,7-11)8-12/h3-4,10-13,16,25H,2,5-9H2,1H3,(H2,21,22,23)/t11?,12-,13+,16-,20-. The summed E-state index contributed by atoms with van der Waals surface area (Å²) in [6, 6.07) is 2.25. The second-order valence-corrected chi connectivity index (χ2v) is 8.37. The predicted molar refractivity (Wildman–Crippen MR) is 98.0 cm³/mol. The normalized spacial score (nSPS) is 35.0. The Bertz CT molecular complexity index is 845. The van der Waals surface area contributed by atoms with E-state index in [1.165, 1.54) is 12.8 Å². The Morgan fingerprint density at radius 2 is 2.15 bits per heavy atom. The Hall–Kier alpha value is -2.08. The van der Waals surface area contributed by atoms with Crippen LogP contribution in [0.1, 0.15) is 49.4 Å². The zero-order valence-corrected chi connectivity index (χ0v) is 15.0. The number of rotatable bonds is 4. The molecule has 4 saturated carbocycles. The molecule has 26 heavy (non-hydrogen) atoms. The van der Waals surface area contributed by atoms with Gasteiger partial charge in [0, 0.05) is 23.8 Å². The first-order valence-corrected chi connectivity index (χ1v) is 9.68. The van der Waals surface area contributed by atoms with Crippen molar-refractivity contribution in [1.29, 1.82) is 0 Å². The summed E-state index contributed by atoms with van der Waals surface area (Å²) < 4.78 is 5.25. The summed E-state index contributed by atoms with van der Waals surface area (Å²) in [5, 5.41) is 15.4. The van der Waals surface area contributed by atoms with Crippen LogP contribution in [0.25, 0.3) is 11.0 Å². The summed E-state index contributed by atoms with van der Waals surface area (Å²) in [7, 11) is 0. The number of nitrogens with one attached hydrogen (secondary N) is 2. The number of nitrogens with zero attached hydrogens (tertiary/aromatic N) is 1. The molecule has 2 aromatic rings. The van der Waals surface area contributed by atoms with Crippen LogP contribution in [-0.2, 0) is 4.74 Å². The highest BCUT2D eigenvalue weighted by atomic mass is 16.5. The van der Waals surface area contributed by atoms with Gasteiger partial charge in [-0.05, 0) is 62.8 Å². The molecule has 6 heteroatoms. The Morgan fingerprint density at radius 3 is 2.85 bits per heavy atom. The van der Waals surface area contributed by atoms with Crippen molar-refractivity contribution < 1.29 is 14.6 Å². The number of ether oxygens (including phenoxy) is 1. The number of aromatic nitrogens is 2. The second kappa shape index (κ2) is 5.71. The van der Waals surface area contributed by atoms with Gasteiger partial charge in [-0.3, -0.25) is 0 Å². The number of hydrogen-bond acceptors (Lipinski definition) is 5. The van der Waals surface area contributed by atoms with Gasteiger partial charge in [-0.25, -0.2) is 9.78 Å². The third kappa shape index (κ3) is 2.42. The monoisotopic (exact) mass is 355 g/mol. The van der Waals surface area contributed by atoms with Gasteiger partial charge in [-0.1, -0.05) is 0 Å². The van der Waals surface area contributed by atoms with Gasteiger partial charge in [0.1, 0.15) is 11.2 Å². The summed E-state index contributed by atoms with van der Waals surface area (Å²) in [5.74, 6) is 1.24. The Labute approximate surface area is 152 Å². The Kier molecular flexibility index (Phi) is 3.54. The smallest absolute Gasteiger partial charge is 0.341 e. The van der Waals surface area contributed by atoms with Gasteiger partial charge in [0.25, 0.3) is 0 Å². The Morgan fingerprint density at radius 1 is 1.38 bits per heavy atom. The highest BCUT2D eigenvalue weighted by molar-refractivity contribution is 6.04. The fourth-order valence-corrected chi connectivity index (χ4v) is 5.91. The number of H-pyrrole nitrogens is 1. The lowest BCUT2D eigenvalue weighted by atomic mass is 9.52. The highest BCUT2D eigenvalue weighted by Crippen LogP contribution is 2.56. The van der Waals surface area contributed by atoms with Crippen LogP contribution >= 0.6 is 0 Å². The molecule has 3 N–H and O–H groups in total. The van der Waals surface area contributed by atoms with E-state index < -0.39 is 5.60 Å². The van der Waals surface area contributed by atoms with Gasteiger partial charge in [0.2, 0.25) is 0 Å². The number of hydrogen-bond donors (Lipinski definition) is 3. The zero-order valence-electron chi connectivity index (χ0n) is 15.0. The molecule has 0 radical (unpaired) electrons. The van der Waals surface area contributed by atoms with Crippen molar-refractivity contribution >= 4 is 22.7 Å². The van der Waals surface area contributed by atoms with Crippen LogP contribution in [0.3, 0.4) is 0 Å². The molecule has 6 nitrogen and oxygen atoms in total. The molecule has 4 aliphatic carbocycles. The van der Waals surface area contributed by atoms with E-state index in [4.69, 9.17) is 4.74 Å². The molecule has 138 valence electrons. The first-order chi connectivity index (χ1) is 12.6. The number of esters is 1. The number of carbonyl (C=O) groups is 1. The maximum absolute atomic E-state index is 12.5. The molecule has 1 unspecified atom stereocenters. The van der Waals surface area contributed by atoms with E-state index in [1.807, 2.05) is 19.2 Å². The summed E-state index contributed by atoms with van der Waals surface area (Å²) in [5.41, 5.74) is 1.62. The maximum atomic E-state index is 12.5. The molecule has 4 aliphatic rings. The van der Waals surface area contributed by atoms with Gasteiger partial charge in [-0.2, -0.15) is 0 Å². The van der Waals surface area contributed by atoms with E-state index >= 15 is 0 Å². The third-order valence-electron chi connectivity index (χ3n) is 6.63. The number of pyridine rings is 1. The van der Waals surface area contributed by atoms with Crippen LogP contribution in [0.2, 0.25) is 0 Å². The fourth-order valence-electron chi connectivity index (χ4n) is 5.91. The average molecular weight is 355 g/mol. The van der Waals surface area contributed by atoms with E-state index in [-0.39, 0.29) is 5.97 Å². The van der Waals surface area contributed by atoms with Crippen molar-refractivity contribution in [2.75, 3.05) is 11.9 Å². The molecular formula is C20H25N3O3. The van der Waals surface area contributed by atoms with Crippen molar-refractivity contribution in [2.45, 2.75) is 50.7 Å². The van der Waals surface area contributed by atoms with E-state index in [9.17, 15) is 9.90 Å². The molecular weight excluding hydrogens is 330 g/mol. The quantitative estimate of drug-likeness (QED) is 0.734. The van der Waals surface area contributed by atoms with E-state index in [0.29, 0.717) is 36.0 Å². The summed E-state index contributed by atoms with van der Waals surface area (Å²) >= 11 is 0. The minimum absolute atomic E-state index is 0.292. The second-order valence-electron chi connectivity index (χ2n) is 8.37. The first kappa shape index (κ1) is 16.1. The van der Waals surface area contributed by atoms with Crippen molar-refractivity contribution in [2.24, 2.45) is 17.8 Å². The zero-order chi connectivity index (χ0) is 17.9. The van der Waals surface area contributed by atoms with E-state index in [1.54, 1.807) is 6.20 Å². The number of fused-ring (bicyclic) bond motifs is 1. The number of aromatic amines is 1. The van der Waals surface area contributed by atoms with E-state index in [2.05, 4.69) is 15.3 Å². The molecule has 0 saturated heterocycles. The lowest BCUT2D eigenvalue weighted by Crippen LogP contribution is -2.59. The summed E-state index contributed by atoms with van der Waals surface area (Å²) in [6.07, 6.45) is 8.50. The van der Waals surface area contributed by atoms with Crippen LogP contribution in [0.15, 0.2) is 18.5 Å². The third-order valence-corrected chi connectivity index (χ3v) is 6.63. The van der Waals surface area contributed by atoms with Crippen molar-refractivity contribution in [3.05, 3.63) is 24.0 Å². The maximum Gasteiger partial charge on any atom is 0.341 e. The van der Waals surface area contributed by atoms with Gasteiger partial charge in [-0.15, -0.1) is 0 Å². The molecule has 0 aliphatic heterocycles. The molecule has 5 atom stereocenters. The van der Waals surface area contributed by atoms with Gasteiger partial charge in [0.15, 0.2) is 0 Å². The van der Waals surface area contributed by atoms with Gasteiger partial charge < -0.3 is 20.1 Å². The number of anilines is 1. The average Bonchev–Trinajstić information content (AvgIpc) is 3.05. The van der Waals surface area contributed by atoms with Gasteiger partial charge >= 0.3 is 5.97 Å². The lowest BCUT2D eigenvalue weighted by Gasteiger charge is -2.58. The van der Waals surface area contributed by atoms with E-state index in [0.717, 1.165) is 36.0 Å². The van der Waals surface area contributed by atoms with Crippen LogP contribution < -0.4 is 5.32 Å². The SMILES string of the molecule is CCOC(=O)c1cnc2[nH]ccc2c1N[C@@H]1[C@@H]2CC3C[C@H]1C[C@@](O)(C3)C2.